The van der Waals surface area contributed by atoms with Gasteiger partial charge in [0.15, 0.2) is 0 Å². The van der Waals surface area contributed by atoms with Gasteiger partial charge in [-0.15, -0.1) is 0 Å². The first-order valence-corrected chi connectivity index (χ1v) is 9.75. The molecular formula is C22H22N4O3. The third-order valence-corrected chi connectivity index (χ3v) is 6.04. The molecule has 2 aliphatic rings. The van der Waals surface area contributed by atoms with Crippen molar-refractivity contribution in [3.05, 3.63) is 66.0 Å². The van der Waals surface area contributed by atoms with E-state index in [0.717, 1.165) is 16.6 Å². The summed E-state index contributed by atoms with van der Waals surface area (Å²) < 4.78 is 7.85. The van der Waals surface area contributed by atoms with Crippen molar-refractivity contribution in [3.8, 4) is 0 Å². The van der Waals surface area contributed by atoms with E-state index in [0.29, 0.717) is 25.1 Å². The second-order valence-corrected chi connectivity index (χ2v) is 7.75. The summed E-state index contributed by atoms with van der Waals surface area (Å²) in [5.74, 6) is -0.162. The molecule has 0 unspecified atom stereocenters. The molecule has 5 rings (SSSR count). The molecular weight excluding hydrogens is 368 g/mol. The van der Waals surface area contributed by atoms with Gasteiger partial charge in [-0.25, -0.2) is 4.98 Å². The lowest BCUT2D eigenvalue weighted by molar-refractivity contribution is -0.150. The van der Waals surface area contributed by atoms with Crippen LogP contribution in [0.2, 0.25) is 0 Å². The van der Waals surface area contributed by atoms with Crippen LogP contribution in [0.3, 0.4) is 0 Å². The van der Waals surface area contributed by atoms with Crippen molar-refractivity contribution in [2.45, 2.75) is 18.1 Å². The molecule has 1 aromatic heterocycles. The van der Waals surface area contributed by atoms with Gasteiger partial charge in [0.05, 0.1) is 22.9 Å². The molecule has 2 aliphatic heterocycles. The molecule has 7 heteroatoms. The molecule has 2 amide bonds. The first kappa shape index (κ1) is 17.9. The summed E-state index contributed by atoms with van der Waals surface area (Å²) in [6.45, 7) is 0.976. The summed E-state index contributed by atoms with van der Waals surface area (Å²) in [4.78, 5) is 31.5. The van der Waals surface area contributed by atoms with Gasteiger partial charge in [0.25, 0.3) is 5.91 Å². The third kappa shape index (κ3) is 2.89. The number of likely N-dealkylation sites (tertiary alicyclic amines) is 1. The average molecular weight is 390 g/mol. The summed E-state index contributed by atoms with van der Waals surface area (Å²) in [7, 11) is 1.93. The second kappa shape index (κ2) is 6.70. The number of morpholine rings is 1. The van der Waals surface area contributed by atoms with E-state index in [1.165, 1.54) is 0 Å². The standard InChI is InChI=1S/C22H22N4O3/c1-25-14-23-17-11-15(7-8-18(17)25)21(28)26-10-9-22(16-5-3-2-4-6-16)19(12-26)29-13-20(27)24-22/h2-8,11,14,19H,9-10,12-13H2,1H3,(H,24,27)/t19-,22+/m1/s1. The van der Waals surface area contributed by atoms with Gasteiger partial charge in [-0.1, -0.05) is 30.3 Å². The minimum Gasteiger partial charge on any atom is -0.364 e. The first-order valence-electron chi connectivity index (χ1n) is 9.75. The normalized spacial score (nSPS) is 24.2. The highest BCUT2D eigenvalue weighted by Gasteiger charge is 2.49. The smallest absolute Gasteiger partial charge is 0.254 e. The summed E-state index contributed by atoms with van der Waals surface area (Å²) >= 11 is 0. The predicted octanol–water partition coefficient (Wildman–Crippen LogP) is 1.83. The summed E-state index contributed by atoms with van der Waals surface area (Å²) in [6.07, 6.45) is 2.05. The number of fused-ring (bicyclic) bond motifs is 2. The topological polar surface area (TPSA) is 76.5 Å². The second-order valence-electron chi connectivity index (χ2n) is 7.75. The van der Waals surface area contributed by atoms with Gasteiger partial charge < -0.3 is 19.5 Å². The highest BCUT2D eigenvalue weighted by Crippen LogP contribution is 2.37. The maximum absolute atomic E-state index is 13.2. The lowest BCUT2D eigenvalue weighted by Crippen LogP contribution is -2.67. The quantitative estimate of drug-likeness (QED) is 0.724. The van der Waals surface area contributed by atoms with Gasteiger partial charge in [0.1, 0.15) is 12.7 Å². The summed E-state index contributed by atoms with van der Waals surface area (Å²) in [5.41, 5.74) is 2.82. The molecule has 1 N–H and O–H groups in total. The zero-order valence-corrected chi connectivity index (χ0v) is 16.2. The fraction of sp³-hybridized carbons (Fsp3) is 0.318. The highest BCUT2D eigenvalue weighted by atomic mass is 16.5. The van der Waals surface area contributed by atoms with Gasteiger partial charge >= 0.3 is 0 Å². The molecule has 2 fully saturated rings. The predicted molar refractivity (Wildman–Crippen MR) is 107 cm³/mol. The number of imidazole rings is 1. The molecule has 0 bridgehead atoms. The van der Waals surface area contributed by atoms with E-state index >= 15 is 0 Å². The molecule has 2 aromatic carbocycles. The van der Waals surface area contributed by atoms with Gasteiger partial charge in [0.2, 0.25) is 5.91 Å². The van der Waals surface area contributed by atoms with Crippen LogP contribution in [0.1, 0.15) is 22.3 Å². The van der Waals surface area contributed by atoms with Crippen molar-refractivity contribution >= 4 is 22.8 Å². The van der Waals surface area contributed by atoms with Crippen LogP contribution in [0.5, 0.6) is 0 Å². The Hall–Kier alpha value is -3.19. The van der Waals surface area contributed by atoms with E-state index in [1.807, 2.05) is 65.0 Å². The molecule has 7 nitrogen and oxygen atoms in total. The van der Waals surface area contributed by atoms with Crippen molar-refractivity contribution in [1.82, 2.24) is 19.8 Å². The van der Waals surface area contributed by atoms with Crippen molar-refractivity contribution in [3.63, 3.8) is 0 Å². The van der Waals surface area contributed by atoms with E-state index in [9.17, 15) is 9.59 Å². The van der Waals surface area contributed by atoms with Crippen LogP contribution in [0.25, 0.3) is 11.0 Å². The van der Waals surface area contributed by atoms with Crippen LogP contribution in [0.4, 0.5) is 0 Å². The van der Waals surface area contributed by atoms with Crippen LogP contribution in [-0.2, 0) is 22.1 Å². The number of hydrogen-bond acceptors (Lipinski definition) is 4. The molecule has 0 radical (unpaired) electrons. The van der Waals surface area contributed by atoms with Crippen LogP contribution in [0.15, 0.2) is 54.9 Å². The number of nitrogens with one attached hydrogen (secondary N) is 1. The summed E-state index contributed by atoms with van der Waals surface area (Å²) in [5, 5.41) is 3.16. The third-order valence-electron chi connectivity index (χ3n) is 6.04. The van der Waals surface area contributed by atoms with Crippen molar-refractivity contribution in [1.29, 1.82) is 0 Å². The molecule has 29 heavy (non-hydrogen) atoms. The molecule has 2 saturated heterocycles. The largest absolute Gasteiger partial charge is 0.364 e. The van der Waals surface area contributed by atoms with E-state index in [-0.39, 0.29) is 24.5 Å². The van der Waals surface area contributed by atoms with E-state index < -0.39 is 5.54 Å². The lowest BCUT2D eigenvalue weighted by atomic mass is 9.77. The first-order chi connectivity index (χ1) is 14.1. The van der Waals surface area contributed by atoms with Crippen LogP contribution in [-0.4, -0.2) is 52.1 Å². The maximum atomic E-state index is 13.2. The Kier molecular flexibility index (Phi) is 4.13. The van der Waals surface area contributed by atoms with E-state index in [4.69, 9.17) is 4.74 Å². The van der Waals surface area contributed by atoms with Gasteiger partial charge in [-0.05, 0) is 30.2 Å². The van der Waals surface area contributed by atoms with E-state index in [1.54, 1.807) is 6.33 Å². The Balaban J connectivity index is 1.43. The van der Waals surface area contributed by atoms with Crippen molar-refractivity contribution in [2.75, 3.05) is 19.7 Å². The average Bonchev–Trinajstić information content (AvgIpc) is 3.13. The molecule has 2 atom stereocenters. The van der Waals surface area contributed by atoms with Crippen LogP contribution in [0, 0.1) is 0 Å². The minimum absolute atomic E-state index is 0.0151. The molecule has 3 heterocycles. The SMILES string of the molecule is Cn1cnc2cc(C(=O)N3CC[C@@]4(c5ccccc5)NC(=O)CO[C@@H]4C3)ccc21. The minimum atomic E-state index is -0.599. The number of rotatable bonds is 2. The van der Waals surface area contributed by atoms with Gasteiger partial charge in [-0.2, -0.15) is 0 Å². The maximum Gasteiger partial charge on any atom is 0.254 e. The lowest BCUT2D eigenvalue weighted by Gasteiger charge is -2.50. The molecule has 3 aromatic rings. The Labute approximate surface area is 168 Å². The Morgan fingerprint density at radius 3 is 2.90 bits per heavy atom. The zero-order valence-electron chi connectivity index (χ0n) is 16.2. The van der Waals surface area contributed by atoms with Crippen molar-refractivity contribution < 1.29 is 14.3 Å². The Bertz CT molecular complexity index is 1090. The number of benzene rings is 2. The van der Waals surface area contributed by atoms with Crippen LogP contribution >= 0.6 is 0 Å². The van der Waals surface area contributed by atoms with Gasteiger partial charge in [-0.3, -0.25) is 9.59 Å². The van der Waals surface area contributed by atoms with Crippen molar-refractivity contribution in [2.24, 2.45) is 7.05 Å². The Morgan fingerprint density at radius 1 is 1.24 bits per heavy atom. The fourth-order valence-corrected chi connectivity index (χ4v) is 4.49. The number of carbonyl (C=O) groups is 2. The Morgan fingerprint density at radius 2 is 2.07 bits per heavy atom. The zero-order chi connectivity index (χ0) is 20.0. The highest BCUT2D eigenvalue weighted by molar-refractivity contribution is 5.97. The number of carbonyl (C=O) groups excluding carboxylic acids is 2. The molecule has 0 saturated carbocycles. The monoisotopic (exact) mass is 390 g/mol. The molecule has 0 aliphatic carbocycles. The number of piperidine rings is 1. The molecule has 148 valence electrons. The number of amides is 2. The number of hydrogen-bond donors (Lipinski definition) is 1. The number of aryl methyl sites for hydroxylation is 1. The summed E-state index contributed by atoms with van der Waals surface area (Å²) in [6, 6.07) is 15.5. The fourth-order valence-electron chi connectivity index (χ4n) is 4.49. The number of nitrogens with zero attached hydrogens (tertiary/aromatic N) is 3. The van der Waals surface area contributed by atoms with Crippen LogP contribution < -0.4 is 5.32 Å². The number of ether oxygens (including phenoxy) is 1. The molecule has 0 spiro atoms. The van der Waals surface area contributed by atoms with Gasteiger partial charge in [0, 0.05) is 25.7 Å². The number of aromatic nitrogens is 2. The van der Waals surface area contributed by atoms with E-state index in [2.05, 4.69) is 10.3 Å².